The SMILES string of the molecule is CCn1cc(C(NC)C(OC)C(C)(C)C)cn1. The van der Waals surface area contributed by atoms with Crippen LogP contribution in [0, 0.1) is 5.41 Å². The van der Waals surface area contributed by atoms with Crippen molar-refractivity contribution in [3.63, 3.8) is 0 Å². The molecule has 1 aromatic heterocycles. The Morgan fingerprint density at radius 2 is 2.12 bits per heavy atom. The fourth-order valence-corrected chi connectivity index (χ4v) is 2.20. The van der Waals surface area contributed by atoms with Crippen LogP contribution in [0.3, 0.4) is 0 Å². The van der Waals surface area contributed by atoms with Crippen molar-refractivity contribution in [1.29, 1.82) is 0 Å². The average Bonchev–Trinajstić information content (AvgIpc) is 2.72. The zero-order valence-corrected chi connectivity index (χ0v) is 11.8. The summed E-state index contributed by atoms with van der Waals surface area (Å²) in [6.45, 7) is 9.55. The van der Waals surface area contributed by atoms with Crippen molar-refractivity contribution in [3.8, 4) is 0 Å². The number of hydrogen-bond acceptors (Lipinski definition) is 3. The minimum atomic E-state index is 0.0801. The van der Waals surface area contributed by atoms with Gasteiger partial charge < -0.3 is 10.1 Å². The zero-order chi connectivity index (χ0) is 13.1. The van der Waals surface area contributed by atoms with Gasteiger partial charge in [-0.05, 0) is 19.4 Å². The van der Waals surface area contributed by atoms with E-state index in [1.165, 1.54) is 5.56 Å². The van der Waals surface area contributed by atoms with Crippen LogP contribution in [-0.4, -0.2) is 30.0 Å². The van der Waals surface area contributed by atoms with Crippen LogP contribution >= 0.6 is 0 Å². The Balaban J connectivity index is 2.96. The molecule has 1 aromatic rings. The van der Waals surface area contributed by atoms with Crippen molar-refractivity contribution in [3.05, 3.63) is 18.0 Å². The van der Waals surface area contributed by atoms with Gasteiger partial charge in [-0.3, -0.25) is 4.68 Å². The largest absolute Gasteiger partial charge is 0.379 e. The van der Waals surface area contributed by atoms with Crippen LogP contribution in [0.25, 0.3) is 0 Å². The first kappa shape index (κ1) is 14.2. The maximum Gasteiger partial charge on any atom is 0.0815 e. The summed E-state index contributed by atoms with van der Waals surface area (Å²) in [7, 11) is 3.73. The van der Waals surface area contributed by atoms with Crippen molar-refractivity contribution >= 4 is 0 Å². The highest BCUT2D eigenvalue weighted by Gasteiger charge is 2.33. The number of nitrogens with one attached hydrogen (secondary N) is 1. The summed E-state index contributed by atoms with van der Waals surface area (Å²) < 4.78 is 7.61. The first-order valence-corrected chi connectivity index (χ1v) is 6.16. The topological polar surface area (TPSA) is 39.1 Å². The number of methoxy groups -OCH3 is 1. The summed E-state index contributed by atoms with van der Waals surface area (Å²) in [5.41, 5.74) is 1.26. The zero-order valence-electron chi connectivity index (χ0n) is 11.8. The third kappa shape index (κ3) is 3.30. The average molecular weight is 239 g/mol. The van der Waals surface area contributed by atoms with E-state index < -0.39 is 0 Å². The van der Waals surface area contributed by atoms with E-state index in [0.29, 0.717) is 0 Å². The first-order valence-electron chi connectivity index (χ1n) is 6.16. The summed E-state index contributed by atoms with van der Waals surface area (Å²) in [6, 6.07) is 0.167. The van der Waals surface area contributed by atoms with Crippen LogP contribution in [-0.2, 0) is 11.3 Å². The lowest BCUT2D eigenvalue weighted by Gasteiger charge is -2.35. The lowest BCUT2D eigenvalue weighted by Crippen LogP contribution is -2.40. The molecule has 0 aliphatic heterocycles. The second kappa shape index (κ2) is 5.65. The van der Waals surface area contributed by atoms with E-state index in [1.807, 2.05) is 17.9 Å². The van der Waals surface area contributed by atoms with Gasteiger partial charge in [0, 0.05) is 25.4 Å². The molecule has 4 nitrogen and oxygen atoms in total. The number of hydrogen-bond donors (Lipinski definition) is 1. The van der Waals surface area contributed by atoms with Crippen LogP contribution in [0.1, 0.15) is 39.3 Å². The van der Waals surface area contributed by atoms with Gasteiger partial charge in [0.2, 0.25) is 0 Å². The summed E-state index contributed by atoms with van der Waals surface area (Å²) in [6.07, 6.45) is 4.11. The van der Waals surface area contributed by atoms with Crippen LogP contribution in [0.15, 0.2) is 12.4 Å². The Morgan fingerprint density at radius 3 is 2.47 bits per heavy atom. The fourth-order valence-electron chi connectivity index (χ4n) is 2.20. The number of nitrogens with zero attached hydrogens (tertiary/aromatic N) is 2. The Labute approximate surface area is 104 Å². The summed E-state index contributed by atoms with van der Waals surface area (Å²) >= 11 is 0. The molecular formula is C13H25N3O. The molecule has 0 aliphatic rings. The van der Waals surface area contributed by atoms with Gasteiger partial charge in [0.25, 0.3) is 0 Å². The fraction of sp³-hybridized carbons (Fsp3) is 0.769. The highest BCUT2D eigenvalue weighted by molar-refractivity contribution is 5.13. The second-order valence-electron chi connectivity index (χ2n) is 5.42. The first-order chi connectivity index (χ1) is 7.93. The molecule has 0 radical (unpaired) electrons. The van der Waals surface area contributed by atoms with E-state index in [1.54, 1.807) is 7.11 Å². The molecule has 0 saturated carbocycles. The van der Waals surface area contributed by atoms with Crippen molar-refractivity contribution in [1.82, 2.24) is 15.1 Å². The number of ether oxygens (including phenoxy) is 1. The Hall–Kier alpha value is -0.870. The third-order valence-electron chi connectivity index (χ3n) is 3.06. The van der Waals surface area contributed by atoms with E-state index >= 15 is 0 Å². The molecule has 0 saturated heterocycles. The van der Waals surface area contributed by atoms with E-state index in [4.69, 9.17) is 4.74 Å². The monoisotopic (exact) mass is 239 g/mol. The van der Waals surface area contributed by atoms with E-state index in [9.17, 15) is 0 Å². The standard InChI is InChI=1S/C13H25N3O/c1-7-16-9-10(8-15-16)11(14-5)12(17-6)13(2,3)4/h8-9,11-12,14H,7H2,1-6H3. The Morgan fingerprint density at radius 1 is 1.47 bits per heavy atom. The molecule has 2 unspecified atom stereocenters. The van der Waals surface area contributed by atoms with Crippen molar-refractivity contribution in [2.45, 2.75) is 46.4 Å². The molecule has 4 heteroatoms. The highest BCUT2D eigenvalue weighted by Crippen LogP contribution is 2.32. The van der Waals surface area contributed by atoms with E-state index in [-0.39, 0.29) is 17.6 Å². The minimum Gasteiger partial charge on any atom is -0.379 e. The van der Waals surface area contributed by atoms with Crippen molar-refractivity contribution in [2.24, 2.45) is 5.41 Å². The van der Waals surface area contributed by atoms with Crippen molar-refractivity contribution < 1.29 is 4.74 Å². The summed E-state index contributed by atoms with van der Waals surface area (Å²) in [5, 5.41) is 7.66. The molecule has 1 heterocycles. The molecule has 0 fully saturated rings. The quantitative estimate of drug-likeness (QED) is 0.856. The lowest BCUT2D eigenvalue weighted by molar-refractivity contribution is -0.0102. The highest BCUT2D eigenvalue weighted by atomic mass is 16.5. The molecule has 2 atom stereocenters. The molecule has 1 rings (SSSR count). The van der Waals surface area contributed by atoms with Gasteiger partial charge >= 0.3 is 0 Å². The lowest BCUT2D eigenvalue weighted by atomic mass is 9.82. The van der Waals surface area contributed by atoms with Crippen molar-refractivity contribution in [2.75, 3.05) is 14.2 Å². The van der Waals surface area contributed by atoms with Gasteiger partial charge in [-0.15, -0.1) is 0 Å². The predicted octanol–water partition coefficient (Wildman–Crippen LogP) is 2.22. The maximum absolute atomic E-state index is 5.67. The van der Waals surface area contributed by atoms with Crippen LogP contribution < -0.4 is 5.32 Å². The van der Waals surface area contributed by atoms with Crippen LogP contribution in [0.4, 0.5) is 0 Å². The Kier molecular flexibility index (Phi) is 4.71. The number of aryl methyl sites for hydroxylation is 1. The molecule has 0 aromatic carbocycles. The van der Waals surface area contributed by atoms with Gasteiger partial charge in [-0.25, -0.2) is 0 Å². The van der Waals surface area contributed by atoms with Gasteiger partial charge in [0.05, 0.1) is 18.3 Å². The Bertz CT molecular complexity index is 341. The van der Waals surface area contributed by atoms with Gasteiger partial charge in [-0.2, -0.15) is 5.10 Å². The summed E-state index contributed by atoms with van der Waals surface area (Å²) in [5.74, 6) is 0. The molecule has 98 valence electrons. The minimum absolute atomic E-state index is 0.0801. The summed E-state index contributed by atoms with van der Waals surface area (Å²) in [4.78, 5) is 0. The maximum atomic E-state index is 5.67. The molecule has 0 bridgehead atoms. The predicted molar refractivity (Wildman–Crippen MR) is 70.0 cm³/mol. The van der Waals surface area contributed by atoms with E-state index in [2.05, 4.69) is 44.3 Å². The van der Waals surface area contributed by atoms with Gasteiger partial charge in [0.1, 0.15) is 0 Å². The molecule has 0 amide bonds. The second-order valence-corrected chi connectivity index (χ2v) is 5.42. The molecule has 0 spiro atoms. The molecule has 1 N–H and O–H groups in total. The molecule has 0 aliphatic carbocycles. The van der Waals surface area contributed by atoms with Gasteiger partial charge in [0.15, 0.2) is 0 Å². The third-order valence-corrected chi connectivity index (χ3v) is 3.06. The van der Waals surface area contributed by atoms with Crippen LogP contribution in [0.5, 0.6) is 0 Å². The molecule has 17 heavy (non-hydrogen) atoms. The number of likely N-dealkylation sites (N-methyl/N-ethyl adjacent to an activating group) is 1. The normalized spacial score (nSPS) is 15.9. The van der Waals surface area contributed by atoms with Gasteiger partial charge in [-0.1, -0.05) is 20.8 Å². The van der Waals surface area contributed by atoms with Crippen LogP contribution in [0.2, 0.25) is 0 Å². The smallest absolute Gasteiger partial charge is 0.0815 e. The number of aromatic nitrogens is 2. The molecular weight excluding hydrogens is 214 g/mol. The van der Waals surface area contributed by atoms with E-state index in [0.717, 1.165) is 6.54 Å². The number of rotatable bonds is 5.